The van der Waals surface area contributed by atoms with Crippen LogP contribution in [0.3, 0.4) is 0 Å². The predicted molar refractivity (Wildman–Crippen MR) is 77.3 cm³/mol. The Morgan fingerprint density at radius 1 is 1.12 bits per heavy atom. The Labute approximate surface area is 109 Å². The molecule has 1 aliphatic carbocycles. The van der Waals surface area contributed by atoms with Crippen molar-refractivity contribution in [2.24, 2.45) is 11.8 Å². The van der Waals surface area contributed by atoms with Crippen molar-refractivity contribution in [3.05, 3.63) is 0 Å². The molecule has 1 N–H and O–H groups in total. The van der Waals surface area contributed by atoms with Gasteiger partial charge in [0.2, 0.25) is 0 Å². The lowest BCUT2D eigenvalue weighted by Gasteiger charge is -2.30. The highest BCUT2D eigenvalue weighted by atomic mass is 14.9. The van der Waals surface area contributed by atoms with Crippen molar-refractivity contribution in [3.63, 3.8) is 0 Å². The number of nitrogens with one attached hydrogen (secondary N) is 1. The van der Waals surface area contributed by atoms with Gasteiger partial charge in [0.05, 0.1) is 0 Å². The third kappa shape index (κ3) is 6.45. The molecule has 0 aromatic heterocycles. The molecule has 1 fully saturated rings. The average molecular weight is 239 g/mol. The molecular formula is C16H33N. The highest BCUT2D eigenvalue weighted by molar-refractivity contribution is 4.75. The number of rotatable bonds is 8. The summed E-state index contributed by atoms with van der Waals surface area (Å²) in [5.74, 6) is 1.89. The van der Waals surface area contributed by atoms with Gasteiger partial charge in [0.25, 0.3) is 0 Å². The zero-order chi connectivity index (χ0) is 12.5. The normalized spacial score (nSPS) is 27.0. The second-order valence-corrected chi connectivity index (χ2v) is 6.18. The molecule has 0 saturated heterocycles. The van der Waals surface area contributed by atoms with Gasteiger partial charge in [-0.25, -0.2) is 0 Å². The predicted octanol–water partition coefficient (Wildman–Crippen LogP) is 4.76. The minimum absolute atomic E-state index is 0.723. The van der Waals surface area contributed by atoms with Gasteiger partial charge in [0.15, 0.2) is 0 Å². The Morgan fingerprint density at radius 2 is 1.88 bits per heavy atom. The molecule has 0 bridgehead atoms. The van der Waals surface area contributed by atoms with E-state index >= 15 is 0 Å². The van der Waals surface area contributed by atoms with Gasteiger partial charge in [-0.2, -0.15) is 0 Å². The van der Waals surface area contributed by atoms with Crippen LogP contribution < -0.4 is 5.32 Å². The Bertz CT molecular complexity index is 178. The molecule has 0 radical (unpaired) electrons. The maximum absolute atomic E-state index is 3.76. The van der Waals surface area contributed by atoms with Crippen molar-refractivity contribution in [2.45, 2.75) is 84.6 Å². The van der Waals surface area contributed by atoms with Gasteiger partial charge >= 0.3 is 0 Å². The van der Waals surface area contributed by atoms with E-state index in [0.29, 0.717) is 0 Å². The quantitative estimate of drug-likeness (QED) is 0.602. The van der Waals surface area contributed by atoms with E-state index in [1.807, 2.05) is 0 Å². The molecule has 0 amide bonds. The minimum Gasteiger partial charge on any atom is -0.314 e. The van der Waals surface area contributed by atoms with Crippen LogP contribution >= 0.6 is 0 Å². The lowest BCUT2D eigenvalue weighted by Crippen LogP contribution is -2.34. The maximum Gasteiger partial charge on any atom is 0.00388 e. The van der Waals surface area contributed by atoms with Crippen LogP contribution in [-0.2, 0) is 0 Å². The lowest BCUT2D eigenvalue weighted by molar-refractivity contribution is 0.240. The van der Waals surface area contributed by atoms with E-state index < -0.39 is 0 Å². The molecule has 0 aromatic rings. The van der Waals surface area contributed by atoms with Gasteiger partial charge in [-0.3, -0.25) is 0 Å². The van der Waals surface area contributed by atoms with Crippen molar-refractivity contribution in [3.8, 4) is 0 Å². The Kier molecular flexibility index (Phi) is 7.92. The van der Waals surface area contributed by atoms with Crippen molar-refractivity contribution in [1.29, 1.82) is 0 Å². The van der Waals surface area contributed by atoms with Gasteiger partial charge < -0.3 is 5.32 Å². The third-order valence-corrected chi connectivity index (χ3v) is 4.51. The molecule has 1 saturated carbocycles. The summed E-state index contributed by atoms with van der Waals surface area (Å²) in [5, 5.41) is 3.76. The van der Waals surface area contributed by atoms with Gasteiger partial charge in [-0.1, -0.05) is 58.8 Å². The molecular weight excluding hydrogens is 206 g/mol. The summed E-state index contributed by atoms with van der Waals surface area (Å²) in [4.78, 5) is 0. The molecule has 17 heavy (non-hydrogen) atoms. The molecule has 1 nitrogen and oxygen atoms in total. The van der Waals surface area contributed by atoms with Gasteiger partial charge in [-0.05, 0) is 38.1 Å². The van der Waals surface area contributed by atoms with Crippen molar-refractivity contribution in [1.82, 2.24) is 5.32 Å². The first-order valence-electron chi connectivity index (χ1n) is 7.97. The van der Waals surface area contributed by atoms with E-state index in [0.717, 1.165) is 17.9 Å². The lowest BCUT2D eigenvalue weighted by atomic mass is 9.80. The maximum atomic E-state index is 3.76. The van der Waals surface area contributed by atoms with Gasteiger partial charge in [0, 0.05) is 6.04 Å². The van der Waals surface area contributed by atoms with E-state index in [4.69, 9.17) is 0 Å². The van der Waals surface area contributed by atoms with Gasteiger partial charge in [0.1, 0.15) is 0 Å². The largest absolute Gasteiger partial charge is 0.314 e. The number of unbranched alkanes of at least 4 members (excludes halogenated alkanes) is 3. The molecule has 0 aliphatic heterocycles. The van der Waals surface area contributed by atoms with E-state index in [2.05, 4.69) is 26.1 Å². The highest BCUT2D eigenvalue weighted by Gasteiger charge is 2.21. The molecule has 1 aliphatic rings. The first-order chi connectivity index (χ1) is 8.24. The summed E-state index contributed by atoms with van der Waals surface area (Å²) in [6.45, 7) is 8.35. The topological polar surface area (TPSA) is 12.0 Å². The zero-order valence-corrected chi connectivity index (χ0v) is 12.3. The molecule has 0 aromatic carbocycles. The molecule has 3 unspecified atom stereocenters. The highest BCUT2D eigenvalue weighted by Crippen LogP contribution is 2.28. The Hall–Kier alpha value is -0.0400. The number of hydrogen-bond donors (Lipinski definition) is 1. The summed E-state index contributed by atoms with van der Waals surface area (Å²) in [5.41, 5.74) is 0. The van der Waals surface area contributed by atoms with Gasteiger partial charge in [-0.15, -0.1) is 0 Å². The molecule has 102 valence electrons. The molecule has 0 spiro atoms. The van der Waals surface area contributed by atoms with Crippen LogP contribution in [0.5, 0.6) is 0 Å². The van der Waals surface area contributed by atoms with E-state index in [9.17, 15) is 0 Å². The molecule has 1 rings (SSSR count). The fourth-order valence-electron chi connectivity index (χ4n) is 3.03. The molecule has 3 atom stereocenters. The van der Waals surface area contributed by atoms with Crippen LogP contribution in [0, 0.1) is 11.8 Å². The first kappa shape index (κ1) is 15.0. The van der Waals surface area contributed by atoms with E-state index in [1.165, 1.54) is 64.3 Å². The van der Waals surface area contributed by atoms with Crippen LogP contribution in [0.4, 0.5) is 0 Å². The summed E-state index contributed by atoms with van der Waals surface area (Å²) >= 11 is 0. The smallest absolute Gasteiger partial charge is 0.00388 e. The summed E-state index contributed by atoms with van der Waals surface area (Å²) in [7, 11) is 0. The second kappa shape index (κ2) is 8.97. The minimum atomic E-state index is 0.723. The summed E-state index contributed by atoms with van der Waals surface area (Å²) in [6, 6.07) is 0.723. The molecule has 0 heterocycles. The Balaban J connectivity index is 2.03. The summed E-state index contributed by atoms with van der Waals surface area (Å²) in [6.07, 6.45) is 12.8. The van der Waals surface area contributed by atoms with Crippen molar-refractivity contribution < 1.29 is 0 Å². The fourth-order valence-corrected chi connectivity index (χ4v) is 3.03. The van der Waals surface area contributed by atoms with Crippen LogP contribution in [-0.4, -0.2) is 12.6 Å². The zero-order valence-electron chi connectivity index (χ0n) is 12.3. The van der Waals surface area contributed by atoms with E-state index in [-0.39, 0.29) is 0 Å². The van der Waals surface area contributed by atoms with Crippen LogP contribution in [0.15, 0.2) is 0 Å². The first-order valence-corrected chi connectivity index (χ1v) is 7.97. The molecule has 1 heteroatoms. The monoisotopic (exact) mass is 239 g/mol. The van der Waals surface area contributed by atoms with Crippen LogP contribution in [0.1, 0.15) is 78.6 Å². The van der Waals surface area contributed by atoms with Crippen molar-refractivity contribution in [2.75, 3.05) is 6.54 Å². The Morgan fingerprint density at radius 3 is 2.59 bits per heavy atom. The van der Waals surface area contributed by atoms with Crippen LogP contribution in [0.25, 0.3) is 0 Å². The second-order valence-electron chi connectivity index (χ2n) is 6.18. The average Bonchev–Trinajstić information content (AvgIpc) is 2.34. The summed E-state index contributed by atoms with van der Waals surface area (Å²) < 4.78 is 0. The third-order valence-electron chi connectivity index (χ3n) is 4.51. The van der Waals surface area contributed by atoms with E-state index in [1.54, 1.807) is 0 Å². The van der Waals surface area contributed by atoms with Crippen molar-refractivity contribution >= 4 is 0 Å². The number of hydrogen-bond acceptors (Lipinski definition) is 1. The fraction of sp³-hybridized carbons (Fsp3) is 1.00. The standard InChI is InChI=1S/C16H33N/c1-4-5-6-7-11-15(3)17-13-16-12-9-8-10-14(16)2/h14-17H,4-13H2,1-3H3. The van der Waals surface area contributed by atoms with Crippen LogP contribution in [0.2, 0.25) is 0 Å². The SMILES string of the molecule is CCCCCCC(C)NCC1CCCCC1C.